The molecule has 170 valence electrons. The van der Waals surface area contributed by atoms with Gasteiger partial charge in [-0.1, -0.05) is 28.9 Å². The number of sulfonamides is 1. The third-order valence-corrected chi connectivity index (χ3v) is 8.82. The zero-order valence-electron chi connectivity index (χ0n) is 17.9. The summed E-state index contributed by atoms with van der Waals surface area (Å²) in [6, 6.07) is 7.40. The van der Waals surface area contributed by atoms with Crippen molar-refractivity contribution in [1.29, 1.82) is 0 Å². The van der Waals surface area contributed by atoms with Crippen molar-refractivity contribution >= 4 is 44.0 Å². The normalized spacial score (nSPS) is 15.8. The second-order valence-corrected chi connectivity index (χ2v) is 11.3. The van der Waals surface area contributed by atoms with Crippen molar-refractivity contribution in [3.8, 4) is 11.3 Å². The number of nitrogens with zero attached hydrogens (tertiary/aromatic N) is 3. The molecule has 11 heteroatoms. The van der Waals surface area contributed by atoms with Crippen LogP contribution in [0, 0.1) is 26.7 Å². The van der Waals surface area contributed by atoms with E-state index < -0.39 is 10.0 Å². The molecule has 32 heavy (non-hydrogen) atoms. The lowest BCUT2D eigenvalue weighted by Gasteiger charge is -2.30. The van der Waals surface area contributed by atoms with Crippen molar-refractivity contribution in [2.24, 2.45) is 5.92 Å². The average molecular weight is 495 g/mol. The van der Waals surface area contributed by atoms with E-state index in [4.69, 9.17) is 16.1 Å². The molecule has 0 saturated carbocycles. The zero-order valence-corrected chi connectivity index (χ0v) is 20.3. The minimum Gasteiger partial charge on any atom is -0.360 e. The molecule has 0 unspecified atom stereocenters. The maximum atomic E-state index is 13.0. The summed E-state index contributed by atoms with van der Waals surface area (Å²) in [7, 11) is -3.70. The quantitative estimate of drug-likeness (QED) is 0.563. The number of piperidine rings is 1. The van der Waals surface area contributed by atoms with Gasteiger partial charge in [0.25, 0.3) is 0 Å². The number of amides is 1. The molecule has 1 amide bonds. The lowest BCUT2D eigenvalue weighted by molar-refractivity contribution is -0.120. The fourth-order valence-corrected chi connectivity index (χ4v) is 6.59. The van der Waals surface area contributed by atoms with Crippen LogP contribution in [0.25, 0.3) is 11.3 Å². The van der Waals surface area contributed by atoms with E-state index in [1.54, 1.807) is 26.0 Å². The number of carbonyl (C=O) groups is 1. The van der Waals surface area contributed by atoms with Crippen molar-refractivity contribution in [1.82, 2.24) is 14.4 Å². The summed E-state index contributed by atoms with van der Waals surface area (Å²) in [4.78, 5) is 18.5. The van der Waals surface area contributed by atoms with E-state index in [-0.39, 0.29) is 35.6 Å². The minimum absolute atomic E-state index is 0.119. The van der Waals surface area contributed by atoms with E-state index in [9.17, 15) is 13.2 Å². The Labute approximate surface area is 195 Å². The molecule has 1 aliphatic heterocycles. The molecule has 2 aromatic heterocycles. The van der Waals surface area contributed by atoms with Gasteiger partial charge in [-0.25, -0.2) is 13.4 Å². The van der Waals surface area contributed by atoms with Gasteiger partial charge in [0.05, 0.1) is 5.69 Å². The number of carbonyl (C=O) groups excluding carboxylic acids is 1. The molecule has 1 aliphatic rings. The van der Waals surface area contributed by atoms with Crippen molar-refractivity contribution in [3.63, 3.8) is 0 Å². The maximum Gasteiger partial charge on any atom is 0.248 e. The summed E-state index contributed by atoms with van der Waals surface area (Å²) in [5.41, 5.74) is 2.09. The standard InChI is InChI=1S/C21H23ClN4O4S2/c1-12-19(13(2)30-25-12)32(28,29)26-10-8-16(9-11-26)20(27)24-21-23-18(14(3)31-21)15-4-6-17(22)7-5-15/h4-7,16H,8-11H2,1-3H3,(H,23,24,27). The van der Waals surface area contributed by atoms with E-state index in [0.29, 0.717) is 28.7 Å². The van der Waals surface area contributed by atoms with Crippen LogP contribution in [-0.2, 0) is 14.8 Å². The number of benzene rings is 1. The summed E-state index contributed by atoms with van der Waals surface area (Å²) in [6.07, 6.45) is 0.867. The van der Waals surface area contributed by atoms with Crippen LogP contribution < -0.4 is 5.32 Å². The number of thiazole rings is 1. The molecule has 3 aromatic rings. The molecule has 3 heterocycles. The number of nitrogens with one attached hydrogen (secondary N) is 1. The largest absolute Gasteiger partial charge is 0.360 e. The lowest BCUT2D eigenvalue weighted by atomic mass is 9.97. The van der Waals surface area contributed by atoms with Gasteiger partial charge in [-0.05, 0) is 45.7 Å². The van der Waals surface area contributed by atoms with Gasteiger partial charge in [0.15, 0.2) is 10.9 Å². The third-order valence-electron chi connectivity index (χ3n) is 5.53. The average Bonchev–Trinajstić information content (AvgIpc) is 3.30. The first-order valence-corrected chi connectivity index (χ1v) is 12.8. The Kier molecular flexibility index (Phi) is 6.39. The van der Waals surface area contributed by atoms with Crippen molar-refractivity contribution in [2.75, 3.05) is 18.4 Å². The molecule has 0 atom stereocenters. The van der Waals surface area contributed by atoms with E-state index in [0.717, 1.165) is 16.1 Å². The topological polar surface area (TPSA) is 105 Å². The van der Waals surface area contributed by atoms with E-state index in [1.165, 1.54) is 15.6 Å². The minimum atomic E-state index is -3.70. The third kappa shape index (κ3) is 4.45. The molecule has 1 fully saturated rings. The van der Waals surface area contributed by atoms with Gasteiger partial charge in [0.1, 0.15) is 10.6 Å². The first-order valence-electron chi connectivity index (χ1n) is 10.1. The van der Waals surface area contributed by atoms with Gasteiger partial charge >= 0.3 is 0 Å². The van der Waals surface area contributed by atoms with Crippen molar-refractivity contribution in [2.45, 2.75) is 38.5 Å². The van der Waals surface area contributed by atoms with Gasteiger partial charge in [0.2, 0.25) is 15.9 Å². The Hall–Kier alpha value is -2.27. The fourth-order valence-electron chi connectivity index (χ4n) is 3.86. The second kappa shape index (κ2) is 8.93. The maximum absolute atomic E-state index is 13.0. The number of hydrogen-bond acceptors (Lipinski definition) is 7. The van der Waals surface area contributed by atoms with Gasteiger partial charge in [-0.2, -0.15) is 4.31 Å². The molecule has 1 saturated heterocycles. The van der Waals surface area contributed by atoms with Crippen LogP contribution in [0.5, 0.6) is 0 Å². The summed E-state index contributed by atoms with van der Waals surface area (Å²) in [6.45, 7) is 5.67. The van der Waals surface area contributed by atoms with Crippen molar-refractivity contribution < 1.29 is 17.7 Å². The summed E-state index contributed by atoms with van der Waals surface area (Å²) >= 11 is 7.37. The Morgan fingerprint density at radius 1 is 1.19 bits per heavy atom. The number of rotatable bonds is 5. The Balaban J connectivity index is 1.40. The monoisotopic (exact) mass is 494 g/mol. The highest BCUT2D eigenvalue weighted by Gasteiger charge is 2.35. The Morgan fingerprint density at radius 3 is 2.44 bits per heavy atom. The summed E-state index contributed by atoms with van der Waals surface area (Å²) < 4.78 is 32.3. The lowest BCUT2D eigenvalue weighted by Crippen LogP contribution is -2.41. The molecular weight excluding hydrogens is 472 g/mol. The number of aryl methyl sites for hydroxylation is 3. The molecule has 0 aliphatic carbocycles. The molecule has 0 radical (unpaired) electrons. The number of halogens is 1. The molecule has 0 bridgehead atoms. The van der Waals surface area contributed by atoms with Crippen LogP contribution in [0.4, 0.5) is 5.13 Å². The fraction of sp³-hybridized carbons (Fsp3) is 0.381. The molecule has 1 N–H and O–H groups in total. The number of hydrogen-bond donors (Lipinski definition) is 1. The van der Waals surface area contributed by atoms with Gasteiger partial charge in [-0.3, -0.25) is 4.79 Å². The van der Waals surface area contributed by atoms with Crippen LogP contribution in [0.2, 0.25) is 5.02 Å². The highest BCUT2D eigenvalue weighted by atomic mass is 35.5. The summed E-state index contributed by atoms with van der Waals surface area (Å²) in [5.74, 6) is -0.150. The van der Waals surface area contributed by atoms with Crippen LogP contribution >= 0.6 is 22.9 Å². The van der Waals surface area contributed by atoms with Gasteiger partial charge < -0.3 is 9.84 Å². The molecule has 8 nitrogen and oxygen atoms in total. The highest BCUT2D eigenvalue weighted by molar-refractivity contribution is 7.89. The van der Waals surface area contributed by atoms with Crippen molar-refractivity contribution in [3.05, 3.63) is 45.6 Å². The Bertz CT molecular complexity index is 1220. The van der Waals surface area contributed by atoms with Crippen LogP contribution in [-0.4, -0.2) is 41.9 Å². The smallest absolute Gasteiger partial charge is 0.248 e. The molecular formula is C21H23ClN4O4S2. The predicted octanol–water partition coefficient (Wildman–Crippen LogP) is 4.42. The van der Waals surface area contributed by atoms with E-state index in [1.807, 2.05) is 19.1 Å². The van der Waals surface area contributed by atoms with Crippen LogP contribution in [0.1, 0.15) is 29.2 Å². The van der Waals surface area contributed by atoms with E-state index >= 15 is 0 Å². The highest BCUT2D eigenvalue weighted by Crippen LogP contribution is 2.32. The van der Waals surface area contributed by atoms with Crippen LogP contribution in [0.3, 0.4) is 0 Å². The number of aromatic nitrogens is 2. The Morgan fingerprint density at radius 2 is 1.84 bits per heavy atom. The number of anilines is 1. The van der Waals surface area contributed by atoms with Gasteiger partial charge in [-0.15, -0.1) is 11.3 Å². The van der Waals surface area contributed by atoms with Gasteiger partial charge in [0, 0.05) is 34.5 Å². The second-order valence-electron chi connectivity index (χ2n) is 7.75. The first-order chi connectivity index (χ1) is 15.2. The predicted molar refractivity (Wildman–Crippen MR) is 123 cm³/mol. The zero-order chi connectivity index (χ0) is 23.0. The first kappa shape index (κ1) is 22.9. The molecule has 1 aromatic carbocycles. The molecule has 4 rings (SSSR count). The SMILES string of the molecule is Cc1noc(C)c1S(=O)(=O)N1CCC(C(=O)Nc2nc(-c3ccc(Cl)cc3)c(C)s2)CC1. The summed E-state index contributed by atoms with van der Waals surface area (Å²) in [5, 5.41) is 7.83. The molecule has 0 spiro atoms. The van der Waals surface area contributed by atoms with E-state index in [2.05, 4.69) is 15.5 Å². The van der Waals surface area contributed by atoms with Crippen LogP contribution in [0.15, 0.2) is 33.7 Å².